The fourth-order valence-corrected chi connectivity index (χ4v) is 0.862. The number of hydrogen-bond acceptors (Lipinski definition) is 2. The second-order valence-corrected chi connectivity index (χ2v) is 2.29. The first-order chi connectivity index (χ1) is 6.85. The molecule has 0 spiro atoms. The minimum Gasteiger partial charge on any atom is -0.377 e. The van der Waals surface area contributed by atoms with Gasteiger partial charge in [-0.3, -0.25) is 0 Å². The molecule has 0 fully saturated rings. The quantitative estimate of drug-likeness (QED) is 0.717. The van der Waals surface area contributed by atoms with E-state index in [0.29, 0.717) is 6.10 Å². The number of likely N-dealkylation sites (N-methyl/N-ethyl adjacent to an activating group) is 1. The molecular formula is C12H31NO. The van der Waals surface area contributed by atoms with E-state index in [1.54, 1.807) is 0 Å². The molecule has 0 aromatic heterocycles. The van der Waals surface area contributed by atoms with Gasteiger partial charge in [-0.25, -0.2) is 0 Å². The highest BCUT2D eigenvalue weighted by atomic mass is 16.5. The minimum absolute atomic E-state index is 0.407. The van der Waals surface area contributed by atoms with Gasteiger partial charge in [-0.1, -0.05) is 41.5 Å². The molecule has 0 rings (SSSR count). The Morgan fingerprint density at radius 1 is 1.00 bits per heavy atom. The zero-order valence-electron chi connectivity index (χ0n) is 11.3. The van der Waals surface area contributed by atoms with Crippen molar-refractivity contribution in [3.05, 3.63) is 0 Å². The summed E-state index contributed by atoms with van der Waals surface area (Å²) in [5.74, 6) is 0. The van der Waals surface area contributed by atoms with Crippen LogP contribution in [0.15, 0.2) is 0 Å². The van der Waals surface area contributed by atoms with E-state index in [4.69, 9.17) is 4.74 Å². The maximum absolute atomic E-state index is 5.43. The van der Waals surface area contributed by atoms with Crippen LogP contribution in [0.25, 0.3) is 0 Å². The van der Waals surface area contributed by atoms with Crippen molar-refractivity contribution in [3.63, 3.8) is 0 Å². The Labute approximate surface area is 91.4 Å². The van der Waals surface area contributed by atoms with Gasteiger partial charge in [0.1, 0.15) is 0 Å². The summed E-state index contributed by atoms with van der Waals surface area (Å²) in [5, 5.41) is 3.26. The number of nitrogens with one attached hydrogen (secondary N) is 1. The van der Waals surface area contributed by atoms with Gasteiger partial charge in [0.15, 0.2) is 0 Å². The van der Waals surface area contributed by atoms with Crippen molar-refractivity contribution in [1.29, 1.82) is 0 Å². The average Bonchev–Trinajstić information content (AvgIpc) is 2.29. The lowest BCUT2D eigenvalue weighted by Crippen LogP contribution is -2.28. The second-order valence-electron chi connectivity index (χ2n) is 2.29. The third kappa shape index (κ3) is 17.9. The molecule has 2 nitrogen and oxygen atoms in total. The molecule has 0 saturated heterocycles. The summed E-state index contributed by atoms with van der Waals surface area (Å²) in [6, 6.07) is 0. The minimum atomic E-state index is 0.407. The number of ether oxygens (including phenoxy) is 1. The zero-order chi connectivity index (χ0) is 11.8. The van der Waals surface area contributed by atoms with Crippen LogP contribution in [0, 0.1) is 0 Å². The van der Waals surface area contributed by atoms with Gasteiger partial charge < -0.3 is 10.1 Å². The van der Waals surface area contributed by atoms with Gasteiger partial charge in [-0.2, -0.15) is 0 Å². The summed E-state index contributed by atoms with van der Waals surface area (Å²) in [6.45, 7) is 17.1. The van der Waals surface area contributed by atoms with Crippen molar-refractivity contribution < 1.29 is 4.74 Å². The molecule has 0 saturated carbocycles. The summed E-state index contributed by atoms with van der Waals surface area (Å²) in [6.07, 6.45) is 1.51. The van der Waals surface area contributed by atoms with Crippen LogP contribution >= 0.6 is 0 Å². The van der Waals surface area contributed by atoms with Gasteiger partial charge >= 0.3 is 0 Å². The van der Waals surface area contributed by atoms with E-state index in [-0.39, 0.29) is 0 Å². The predicted molar refractivity (Wildman–Crippen MR) is 66.9 cm³/mol. The van der Waals surface area contributed by atoms with E-state index < -0.39 is 0 Å². The smallest absolute Gasteiger partial charge is 0.0696 e. The third-order valence-corrected chi connectivity index (χ3v) is 1.48. The molecule has 1 N–H and O–H groups in total. The van der Waals surface area contributed by atoms with Crippen LogP contribution < -0.4 is 5.32 Å². The maximum atomic E-state index is 5.43. The lowest BCUT2D eigenvalue weighted by atomic mass is 10.3. The van der Waals surface area contributed by atoms with Crippen LogP contribution in [0.5, 0.6) is 0 Å². The van der Waals surface area contributed by atoms with Gasteiger partial charge in [0.25, 0.3) is 0 Å². The van der Waals surface area contributed by atoms with E-state index in [1.165, 1.54) is 0 Å². The summed E-state index contributed by atoms with van der Waals surface area (Å²) in [7, 11) is 0. The molecule has 1 atom stereocenters. The highest BCUT2D eigenvalue weighted by Crippen LogP contribution is 1.94. The van der Waals surface area contributed by atoms with Crippen molar-refractivity contribution >= 4 is 0 Å². The van der Waals surface area contributed by atoms with E-state index in [1.807, 2.05) is 34.6 Å². The van der Waals surface area contributed by atoms with Crippen LogP contribution in [0.1, 0.15) is 54.9 Å². The van der Waals surface area contributed by atoms with Crippen LogP contribution in [-0.4, -0.2) is 25.8 Å². The molecule has 1 unspecified atom stereocenters. The van der Waals surface area contributed by atoms with Crippen LogP contribution in [0.3, 0.4) is 0 Å². The van der Waals surface area contributed by atoms with Crippen LogP contribution in [0.4, 0.5) is 0 Å². The Kier molecular flexibility index (Phi) is 32.1. The molecule has 0 aliphatic carbocycles. The molecule has 0 aliphatic rings. The molecular weight excluding hydrogens is 174 g/mol. The average molecular weight is 205 g/mol. The Morgan fingerprint density at radius 2 is 1.50 bits per heavy atom. The predicted octanol–water partition coefficient (Wildman–Crippen LogP) is 3.46. The fraction of sp³-hybridized carbons (Fsp3) is 1.00. The van der Waals surface area contributed by atoms with E-state index in [2.05, 4.69) is 19.2 Å². The number of hydrogen-bond donors (Lipinski definition) is 1. The van der Waals surface area contributed by atoms with Crippen molar-refractivity contribution in [3.8, 4) is 0 Å². The molecule has 0 bridgehead atoms. The van der Waals surface area contributed by atoms with Crippen molar-refractivity contribution in [2.45, 2.75) is 61.0 Å². The van der Waals surface area contributed by atoms with Crippen molar-refractivity contribution in [1.82, 2.24) is 5.32 Å². The summed E-state index contributed by atoms with van der Waals surface area (Å²) in [5.41, 5.74) is 0. The highest BCUT2D eigenvalue weighted by molar-refractivity contribution is 4.57. The first-order valence-electron chi connectivity index (χ1n) is 6.17. The van der Waals surface area contributed by atoms with Gasteiger partial charge in [0.2, 0.25) is 0 Å². The zero-order valence-corrected chi connectivity index (χ0v) is 11.3. The monoisotopic (exact) mass is 205 g/mol. The van der Waals surface area contributed by atoms with Crippen LogP contribution in [0.2, 0.25) is 0 Å². The first kappa shape index (κ1) is 19.5. The van der Waals surface area contributed by atoms with Crippen molar-refractivity contribution in [2.75, 3.05) is 19.7 Å². The number of rotatable bonds is 6. The molecule has 14 heavy (non-hydrogen) atoms. The second kappa shape index (κ2) is 23.1. The van der Waals surface area contributed by atoms with Crippen molar-refractivity contribution in [2.24, 2.45) is 0 Å². The Morgan fingerprint density at radius 3 is 1.79 bits per heavy atom. The molecule has 90 valence electrons. The van der Waals surface area contributed by atoms with E-state index in [0.717, 1.165) is 26.1 Å². The Bertz CT molecular complexity index is 67.3. The Balaban J connectivity index is -0.000000266. The summed E-state index contributed by atoms with van der Waals surface area (Å²) >= 11 is 0. The fourth-order valence-electron chi connectivity index (χ4n) is 0.862. The van der Waals surface area contributed by atoms with Gasteiger partial charge in [-0.15, -0.1) is 0 Å². The van der Waals surface area contributed by atoms with Gasteiger partial charge in [-0.05, 0) is 19.9 Å². The molecule has 0 amide bonds. The third-order valence-electron chi connectivity index (χ3n) is 1.48. The lowest BCUT2D eigenvalue weighted by molar-refractivity contribution is 0.0606. The SMILES string of the molecule is CC.CC.CCNCC(CC)OCC. The maximum Gasteiger partial charge on any atom is 0.0696 e. The topological polar surface area (TPSA) is 21.3 Å². The molecule has 0 heterocycles. The summed E-state index contributed by atoms with van der Waals surface area (Å²) < 4.78 is 5.43. The summed E-state index contributed by atoms with van der Waals surface area (Å²) in [4.78, 5) is 0. The molecule has 0 aromatic carbocycles. The first-order valence-corrected chi connectivity index (χ1v) is 6.17. The molecule has 0 aromatic rings. The standard InChI is InChI=1S/C8H19NO.2C2H6/c1-4-8(10-6-3)7-9-5-2;2*1-2/h8-9H,4-7H2,1-3H3;2*1-2H3. The van der Waals surface area contributed by atoms with Gasteiger partial charge in [0.05, 0.1) is 6.10 Å². The van der Waals surface area contributed by atoms with Gasteiger partial charge in [0, 0.05) is 13.2 Å². The van der Waals surface area contributed by atoms with Crippen LogP contribution in [-0.2, 0) is 4.74 Å². The Hall–Kier alpha value is -0.0800. The molecule has 0 aliphatic heterocycles. The highest BCUT2D eigenvalue weighted by Gasteiger charge is 2.02. The van der Waals surface area contributed by atoms with E-state index in [9.17, 15) is 0 Å². The normalized spacial score (nSPS) is 10.5. The molecule has 2 heteroatoms. The molecule has 0 radical (unpaired) electrons. The lowest BCUT2D eigenvalue weighted by Gasteiger charge is -2.14. The van der Waals surface area contributed by atoms with E-state index >= 15 is 0 Å². The largest absolute Gasteiger partial charge is 0.377 e.